The molecule has 0 aliphatic rings. The Labute approximate surface area is 93.1 Å². The molecule has 15 heavy (non-hydrogen) atoms. The molecule has 0 aromatic carbocycles. The molecule has 0 bridgehead atoms. The molecule has 0 saturated carbocycles. The molecule has 5 heteroatoms. The summed E-state index contributed by atoms with van der Waals surface area (Å²) < 4.78 is 0. The number of aromatic nitrogens is 1. The molecule has 0 spiro atoms. The monoisotopic (exact) mass is 223 g/mol. The van der Waals surface area contributed by atoms with Gasteiger partial charge in [0.2, 0.25) is 5.91 Å². The van der Waals surface area contributed by atoms with Crippen molar-refractivity contribution in [2.45, 2.75) is 19.5 Å². The molecule has 1 unspecified atom stereocenters. The van der Waals surface area contributed by atoms with Gasteiger partial charge in [0.1, 0.15) is 0 Å². The van der Waals surface area contributed by atoms with Crippen LogP contribution < -0.4 is 10.6 Å². The van der Waals surface area contributed by atoms with E-state index in [1.54, 1.807) is 30.0 Å². The second-order valence-corrected chi connectivity index (χ2v) is 3.96. The van der Waals surface area contributed by atoms with Gasteiger partial charge in [0, 0.05) is 17.6 Å². The smallest absolute Gasteiger partial charge is 0.237 e. The molecule has 1 heterocycles. The zero-order valence-electron chi connectivity index (χ0n) is 8.49. The second-order valence-electron chi connectivity index (χ2n) is 2.99. The van der Waals surface area contributed by atoms with Gasteiger partial charge in [0.05, 0.1) is 18.1 Å². The Morgan fingerprint density at radius 3 is 3.20 bits per heavy atom. The van der Waals surface area contributed by atoms with E-state index in [-0.39, 0.29) is 18.5 Å². The quantitative estimate of drug-likeness (QED) is 0.709. The van der Waals surface area contributed by atoms with E-state index in [1.807, 2.05) is 0 Å². The number of nitrogens with one attached hydrogen (secondary N) is 2. The zero-order chi connectivity index (χ0) is 11.1. The number of hydrogen-bond acceptors (Lipinski definition) is 4. The fourth-order valence-electron chi connectivity index (χ4n) is 0.967. The minimum absolute atomic E-state index is 0.0857. The van der Waals surface area contributed by atoms with Gasteiger partial charge in [-0.1, -0.05) is 5.92 Å². The molecule has 1 aromatic heterocycles. The molecule has 0 fully saturated rings. The van der Waals surface area contributed by atoms with E-state index in [2.05, 4.69) is 21.5 Å². The number of hydrogen-bond donors (Lipinski definition) is 2. The minimum atomic E-state index is -0.250. The first kappa shape index (κ1) is 11.7. The molecule has 1 rings (SSSR count). The number of carbonyl (C=O) groups excluding carboxylic acids is 1. The minimum Gasteiger partial charge on any atom is -0.344 e. The lowest BCUT2D eigenvalue weighted by Crippen LogP contribution is -2.41. The van der Waals surface area contributed by atoms with Gasteiger partial charge in [-0.2, -0.15) is 0 Å². The van der Waals surface area contributed by atoms with Crippen LogP contribution in [-0.4, -0.2) is 23.5 Å². The van der Waals surface area contributed by atoms with Crippen LogP contribution in [0.2, 0.25) is 0 Å². The maximum absolute atomic E-state index is 11.4. The SMILES string of the molecule is C#CCNC(=O)C(C)NCc1cncs1. The highest BCUT2D eigenvalue weighted by Gasteiger charge is 2.10. The molecular weight excluding hydrogens is 210 g/mol. The van der Waals surface area contributed by atoms with E-state index < -0.39 is 0 Å². The van der Waals surface area contributed by atoms with Gasteiger partial charge in [-0.15, -0.1) is 17.8 Å². The largest absolute Gasteiger partial charge is 0.344 e. The van der Waals surface area contributed by atoms with Crippen LogP contribution in [0.5, 0.6) is 0 Å². The maximum Gasteiger partial charge on any atom is 0.237 e. The lowest BCUT2D eigenvalue weighted by Gasteiger charge is -2.11. The Balaban J connectivity index is 2.27. The molecule has 1 amide bonds. The van der Waals surface area contributed by atoms with Gasteiger partial charge in [-0.05, 0) is 6.92 Å². The van der Waals surface area contributed by atoms with Crippen LogP contribution in [0.1, 0.15) is 11.8 Å². The lowest BCUT2D eigenvalue weighted by molar-refractivity contribution is -0.122. The van der Waals surface area contributed by atoms with E-state index in [0.717, 1.165) is 4.88 Å². The van der Waals surface area contributed by atoms with Gasteiger partial charge in [-0.25, -0.2) is 0 Å². The Kier molecular flexibility index (Phi) is 4.81. The first-order valence-corrected chi connectivity index (χ1v) is 5.44. The fourth-order valence-corrected chi connectivity index (χ4v) is 1.51. The molecule has 1 atom stereocenters. The van der Waals surface area contributed by atoms with Crippen LogP contribution in [0.15, 0.2) is 11.7 Å². The fraction of sp³-hybridized carbons (Fsp3) is 0.400. The summed E-state index contributed by atoms with van der Waals surface area (Å²) in [5.41, 5.74) is 1.76. The Morgan fingerprint density at radius 2 is 2.60 bits per heavy atom. The van der Waals surface area contributed by atoms with Crippen molar-refractivity contribution >= 4 is 17.2 Å². The third-order valence-corrected chi connectivity index (χ3v) is 2.60. The Hall–Kier alpha value is -1.38. The average Bonchev–Trinajstić information content (AvgIpc) is 2.75. The molecule has 80 valence electrons. The van der Waals surface area contributed by atoms with Crippen molar-refractivity contribution in [3.8, 4) is 12.3 Å². The maximum atomic E-state index is 11.4. The van der Waals surface area contributed by atoms with Crippen molar-refractivity contribution in [1.29, 1.82) is 0 Å². The van der Waals surface area contributed by atoms with Gasteiger partial charge in [-0.3, -0.25) is 9.78 Å². The summed E-state index contributed by atoms with van der Waals surface area (Å²) in [6, 6.07) is -0.250. The summed E-state index contributed by atoms with van der Waals surface area (Å²) >= 11 is 1.56. The van der Waals surface area contributed by atoms with Crippen LogP contribution in [0.3, 0.4) is 0 Å². The molecular formula is C10H13N3OS. The summed E-state index contributed by atoms with van der Waals surface area (Å²) in [6.07, 6.45) is 6.82. The third kappa shape index (κ3) is 4.11. The van der Waals surface area contributed by atoms with E-state index in [0.29, 0.717) is 6.54 Å². The molecule has 2 N–H and O–H groups in total. The highest BCUT2D eigenvalue weighted by molar-refractivity contribution is 7.09. The highest BCUT2D eigenvalue weighted by atomic mass is 32.1. The van der Waals surface area contributed by atoms with E-state index in [9.17, 15) is 4.79 Å². The van der Waals surface area contributed by atoms with Crippen molar-refractivity contribution < 1.29 is 4.79 Å². The van der Waals surface area contributed by atoms with Gasteiger partial charge in [0.25, 0.3) is 0 Å². The van der Waals surface area contributed by atoms with Gasteiger partial charge < -0.3 is 10.6 Å². The summed E-state index contributed by atoms with van der Waals surface area (Å²) in [6.45, 7) is 2.72. The molecule has 0 radical (unpaired) electrons. The first-order valence-electron chi connectivity index (χ1n) is 4.56. The normalized spacial score (nSPS) is 11.7. The van der Waals surface area contributed by atoms with Gasteiger partial charge >= 0.3 is 0 Å². The molecule has 4 nitrogen and oxygen atoms in total. The first-order chi connectivity index (χ1) is 7.24. The van der Waals surface area contributed by atoms with E-state index in [4.69, 9.17) is 6.42 Å². The topological polar surface area (TPSA) is 54.0 Å². The lowest BCUT2D eigenvalue weighted by atomic mass is 10.3. The molecule has 0 aliphatic heterocycles. The summed E-state index contributed by atoms with van der Waals surface area (Å²) in [4.78, 5) is 16.4. The number of carbonyl (C=O) groups is 1. The Bertz CT molecular complexity index is 342. The predicted molar refractivity (Wildman–Crippen MR) is 60.3 cm³/mol. The highest BCUT2D eigenvalue weighted by Crippen LogP contribution is 2.04. The van der Waals surface area contributed by atoms with Crippen LogP contribution >= 0.6 is 11.3 Å². The average molecular weight is 223 g/mol. The molecule has 1 aromatic rings. The predicted octanol–water partition coefficient (Wildman–Crippen LogP) is 0.371. The summed E-state index contributed by atoms with van der Waals surface area (Å²) in [5, 5.41) is 5.70. The van der Waals surface area contributed by atoms with Crippen molar-refractivity contribution in [2.75, 3.05) is 6.54 Å². The number of nitrogens with zero attached hydrogens (tertiary/aromatic N) is 1. The zero-order valence-corrected chi connectivity index (χ0v) is 9.30. The van der Waals surface area contributed by atoms with Crippen molar-refractivity contribution in [3.05, 3.63) is 16.6 Å². The second kappa shape index (κ2) is 6.17. The van der Waals surface area contributed by atoms with Crippen LogP contribution in [-0.2, 0) is 11.3 Å². The van der Waals surface area contributed by atoms with Crippen molar-refractivity contribution in [1.82, 2.24) is 15.6 Å². The van der Waals surface area contributed by atoms with E-state index >= 15 is 0 Å². The van der Waals surface area contributed by atoms with E-state index in [1.165, 1.54) is 0 Å². The number of amides is 1. The third-order valence-electron chi connectivity index (χ3n) is 1.82. The molecule has 0 aliphatic carbocycles. The van der Waals surface area contributed by atoms with Crippen molar-refractivity contribution in [3.63, 3.8) is 0 Å². The number of rotatable bonds is 5. The van der Waals surface area contributed by atoms with Crippen molar-refractivity contribution in [2.24, 2.45) is 0 Å². The van der Waals surface area contributed by atoms with Crippen LogP contribution in [0.25, 0.3) is 0 Å². The number of thiazole rings is 1. The van der Waals surface area contributed by atoms with Crippen LogP contribution in [0.4, 0.5) is 0 Å². The Morgan fingerprint density at radius 1 is 1.80 bits per heavy atom. The summed E-state index contributed by atoms with van der Waals surface area (Å²) in [5.74, 6) is 2.27. The van der Waals surface area contributed by atoms with Crippen LogP contribution in [0, 0.1) is 12.3 Å². The molecule has 0 saturated heterocycles. The summed E-state index contributed by atoms with van der Waals surface area (Å²) in [7, 11) is 0. The standard InChI is InChI=1S/C10H13N3OS/c1-3-4-12-10(14)8(2)13-6-9-5-11-7-15-9/h1,5,7-8,13H,4,6H2,2H3,(H,12,14). The van der Waals surface area contributed by atoms with Gasteiger partial charge in [0.15, 0.2) is 0 Å². The number of terminal acetylenes is 1.